The van der Waals surface area contributed by atoms with Crippen molar-refractivity contribution in [1.82, 2.24) is 10.7 Å². The van der Waals surface area contributed by atoms with E-state index in [1.165, 1.54) is 19.2 Å². The van der Waals surface area contributed by atoms with Crippen LogP contribution in [0.25, 0.3) is 0 Å². The van der Waals surface area contributed by atoms with Crippen LogP contribution in [0.2, 0.25) is 5.02 Å². The van der Waals surface area contributed by atoms with E-state index in [1.54, 1.807) is 42.5 Å². The number of nitrogens with zero attached hydrogens (tertiary/aromatic N) is 1. The predicted octanol–water partition coefficient (Wildman–Crippen LogP) is 3.34. The van der Waals surface area contributed by atoms with Gasteiger partial charge >= 0.3 is 6.18 Å². The summed E-state index contributed by atoms with van der Waals surface area (Å²) in [4.78, 5) is 13.0. The highest BCUT2D eigenvalue weighted by molar-refractivity contribution is 6.33. The summed E-state index contributed by atoms with van der Waals surface area (Å²) in [5, 5.41) is 14.4. The van der Waals surface area contributed by atoms with Crippen LogP contribution in [0.3, 0.4) is 0 Å². The van der Waals surface area contributed by atoms with Crippen molar-refractivity contribution in [3.8, 4) is 0 Å². The molecule has 2 aromatic rings. The van der Waals surface area contributed by atoms with Crippen LogP contribution in [0.1, 0.15) is 11.7 Å². The van der Waals surface area contributed by atoms with E-state index < -0.39 is 30.3 Å². The molecule has 3 rings (SSSR count). The second kappa shape index (κ2) is 9.69. The third kappa shape index (κ3) is 5.37. The van der Waals surface area contributed by atoms with Gasteiger partial charge in [0.25, 0.3) is 5.91 Å². The Morgan fingerprint density at radius 2 is 1.87 bits per heavy atom. The summed E-state index contributed by atoms with van der Waals surface area (Å²) in [5.41, 5.74) is 2.68. The molecule has 0 saturated heterocycles. The molecule has 10 heteroatoms. The summed E-state index contributed by atoms with van der Waals surface area (Å²) in [7, 11) is 1.39. The summed E-state index contributed by atoms with van der Waals surface area (Å²) in [6, 6.07) is 11.8. The van der Waals surface area contributed by atoms with Gasteiger partial charge in [-0.15, -0.1) is 0 Å². The number of amides is 1. The molecule has 0 fully saturated rings. The van der Waals surface area contributed by atoms with Gasteiger partial charge in [-0.1, -0.05) is 54.1 Å². The molecule has 1 aliphatic rings. The number of hydrogen-bond acceptors (Lipinski definition) is 5. The quantitative estimate of drug-likeness (QED) is 0.597. The number of nitrogens with one attached hydrogen (secondary N) is 2. The Labute approximate surface area is 182 Å². The lowest BCUT2D eigenvalue weighted by molar-refractivity contribution is -0.142. The maximum absolute atomic E-state index is 13.4. The zero-order valence-corrected chi connectivity index (χ0v) is 17.2. The van der Waals surface area contributed by atoms with E-state index >= 15 is 0 Å². The Hall–Kier alpha value is -2.59. The second-order valence-electron chi connectivity index (χ2n) is 6.88. The number of anilines is 1. The van der Waals surface area contributed by atoms with Crippen molar-refractivity contribution in [3.63, 3.8) is 0 Å². The standard InChI is InChI=1S/C21H21ClF3N3O3/c1-31-12-15(19(29)13-7-3-2-4-8-13)26-20(30)17-11-18(21(23,24)25)27-28(17)16-10-6-5-9-14(16)22/h2-11,15,18-19,27,29H,12H2,1H3,(H,26,30)/t15-,18?,19-/m0/s1. The highest BCUT2D eigenvalue weighted by Gasteiger charge is 2.45. The smallest absolute Gasteiger partial charge is 0.386 e. The summed E-state index contributed by atoms with van der Waals surface area (Å²) >= 11 is 6.14. The molecule has 1 heterocycles. The van der Waals surface area contributed by atoms with Gasteiger partial charge in [0.1, 0.15) is 17.8 Å². The first-order valence-corrected chi connectivity index (χ1v) is 9.72. The molecule has 3 N–H and O–H groups in total. The number of ether oxygens (including phenoxy) is 1. The van der Waals surface area contributed by atoms with Crippen LogP contribution in [0.5, 0.6) is 0 Å². The molecule has 0 spiro atoms. The minimum absolute atomic E-state index is 0.0582. The first-order chi connectivity index (χ1) is 14.7. The van der Waals surface area contributed by atoms with Gasteiger partial charge < -0.3 is 15.2 Å². The number of carbonyl (C=O) groups excluding carboxylic acids is 1. The zero-order valence-electron chi connectivity index (χ0n) is 16.4. The predicted molar refractivity (Wildman–Crippen MR) is 110 cm³/mol. The first-order valence-electron chi connectivity index (χ1n) is 9.34. The lowest BCUT2D eigenvalue weighted by Crippen LogP contribution is -2.48. The highest BCUT2D eigenvalue weighted by Crippen LogP contribution is 2.34. The summed E-state index contributed by atoms with van der Waals surface area (Å²) < 4.78 is 45.2. The number of alkyl halides is 3. The van der Waals surface area contributed by atoms with Gasteiger partial charge in [-0.3, -0.25) is 9.80 Å². The van der Waals surface area contributed by atoms with Crippen molar-refractivity contribution in [2.45, 2.75) is 24.4 Å². The Morgan fingerprint density at radius 3 is 2.48 bits per heavy atom. The minimum atomic E-state index is -4.63. The maximum atomic E-state index is 13.4. The van der Waals surface area contributed by atoms with Crippen molar-refractivity contribution in [2.75, 3.05) is 18.7 Å². The molecule has 0 radical (unpaired) electrons. The number of carbonyl (C=O) groups is 1. The molecule has 2 aromatic carbocycles. The number of benzene rings is 2. The van der Waals surface area contributed by atoms with E-state index in [0.717, 1.165) is 11.1 Å². The summed E-state index contributed by atoms with van der Waals surface area (Å²) in [5.74, 6) is -0.823. The van der Waals surface area contributed by atoms with E-state index in [-0.39, 0.29) is 23.0 Å². The van der Waals surface area contributed by atoms with Gasteiger partial charge in [-0.05, 0) is 23.8 Å². The third-order valence-corrected chi connectivity index (χ3v) is 5.02. The average Bonchev–Trinajstić information content (AvgIpc) is 3.20. The number of aliphatic hydroxyl groups excluding tert-OH is 1. The number of aliphatic hydroxyl groups is 1. The SMILES string of the molecule is COC[C@H](NC(=O)C1=CC(C(F)(F)F)NN1c1ccccc1Cl)[C@@H](O)c1ccccc1. The Bertz CT molecular complexity index is 940. The lowest BCUT2D eigenvalue weighted by Gasteiger charge is -2.28. The van der Waals surface area contributed by atoms with Crippen LogP contribution < -0.4 is 15.8 Å². The molecular weight excluding hydrogens is 435 g/mol. The fraction of sp³-hybridized carbons (Fsp3) is 0.286. The normalized spacial score (nSPS) is 18.5. The van der Waals surface area contributed by atoms with E-state index in [0.29, 0.717) is 5.56 Å². The van der Waals surface area contributed by atoms with E-state index in [2.05, 4.69) is 10.7 Å². The summed E-state index contributed by atoms with van der Waals surface area (Å²) in [6.45, 7) is -0.0582. The number of hydrogen-bond donors (Lipinski definition) is 3. The van der Waals surface area contributed by atoms with E-state index in [1.807, 2.05) is 0 Å². The Kier molecular flexibility index (Phi) is 7.22. The molecule has 6 nitrogen and oxygen atoms in total. The van der Waals surface area contributed by atoms with Gasteiger partial charge in [-0.2, -0.15) is 13.2 Å². The van der Waals surface area contributed by atoms with Crippen LogP contribution in [0.4, 0.5) is 18.9 Å². The van der Waals surface area contributed by atoms with Crippen molar-refractivity contribution in [2.24, 2.45) is 0 Å². The van der Waals surface area contributed by atoms with Gasteiger partial charge in [0.15, 0.2) is 0 Å². The van der Waals surface area contributed by atoms with Crippen molar-refractivity contribution < 1.29 is 27.8 Å². The third-order valence-electron chi connectivity index (χ3n) is 4.70. The fourth-order valence-corrected chi connectivity index (χ4v) is 3.39. The number of rotatable bonds is 7. The van der Waals surface area contributed by atoms with Gasteiger partial charge in [0.2, 0.25) is 0 Å². The molecule has 1 unspecified atom stereocenters. The number of hydrazine groups is 1. The van der Waals surface area contributed by atoms with E-state index in [4.69, 9.17) is 16.3 Å². The van der Waals surface area contributed by atoms with Crippen molar-refractivity contribution in [3.05, 3.63) is 77.0 Å². The van der Waals surface area contributed by atoms with Crippen molar-refractivity contribution >= 4 is 23.2 Å². The number of methoxy groups -OCH3 is 1. The van der Waals surface area contributed by atoms with Gasteiger partial charge in [0, 0.05) is 7.11 Å². The first kappa shape index (κ1) is 23.1. The molecule has 31 heavy (non-hydrogen) atoms. The molecule has 0 saturated carbocycles. The van der Waals surface area contributed by atoms with Crippen LogP contribution in [-0.4, -0.2) is 43.0 Å². The molecule has 0 bridgehead atoms. The fourth-order valence-electron chi connectivity index (χ4n) is 3.17. The van der Waals surface area contributed by atoms with Gasteiger partial charge in [0.05, 0.1) is 23.4 Å². The second-order valence-corrected chi connectivity index (χ2v) is 7.29. The molecule has 1 aliphatic heterocycles. The van der Waals surface area contributed by atoms with Crippen LogP contribution in [-0.2, 0) is 9.53 Å². The zero-order chi connectivity index (χ0) is 22.6. The Morgan fingerprint density at radius 1 is 1.23 bits per heavy atom. The molecule has 0 aliphatic carbocycles. The van der Waals surface area contributed by atoms with Crippen LogP contribution in [0, 0.1) is 0 Å². The maximum Gasteiger partial charge on any atom is 0.409 e. The lowest BCUT2D eigenvalue weighted by atomic mass is 10.0. The average molecular weight is 456 g/mol. The number of halogens is 4. The minimum Gasteiger partial charge on any atom is -0.386 e. The van der Waals surface area contributed by atoms with Crippen LogP contribution >= 0.6 is 11.6 Å². The number of para-hydroxylation sites is 1. The monoisotopic (exact) mass is 455 g/mol. The topological polar surface area (TPSA) is 73.8 Å². The molecule has 166 valence electrons. The molecular formula is C21H21ClF3N3O3. The van der Waals surface area contributed by atoms with E-state index in [9.17, 15) is 23.1 Å². The highest BCUT2D eigenvalue weighted by atomic mass is 35.5. The molecule has 0 aromatic heterocycles. The van der Waals surface area contributed by atoms with Crippen LogP contribution in [0.15, 0.2) is 66.4 Å². The summed E-state index contributed by atoms with van der Waals surface area (Å²) in [6.07, 6.45) is -4.98. The molecule has 3 atom stereocenters. The Balaban J connectivity index is 1.88. The van der Waals surface area contributed by atoms with Gasteiger partial charge in [-0.25, -0.2) is 5.43 Å². The van der Waals surface area contributed by atoms with Crippen molar-refractivity contribution in [1.29, 1.82) is 0 Å². The molecule has 1 amide bonds. The largest absolute Gasteiger partial charge is 0.409 e.